The van der Waals surface area contributed by atoms with Gasteiger partial charge in [-0.25, -0.2) is 14.4 Å². The molecule has 2 aromatic carbocycles. The van der Waals surface area contributed by atoms with E-state index in [0.29, 0.717) is 38.8 Å². The van der Waals surface area contributed by atoms with E-state index in [2.05, 4.69) is 25.6 Å². The molecule has 2 heterocycles. The number of benzene rings is 2. The van der Waals surface area contributed by atoms with E-state index in [-0.39, 0.29) is 29.7 Å². The number of carbonyl (C=O) groups is 1. The summed E-state index contributed by atoms with van der Waals surface area (Å²) in [4.78, 5) is 24.4. The molecule has 34 heavy (non-hydrogen) atoms. The van der Waals surface area contributed by atoms with E-state index >= 15 is 0 Å². The highest BCUT2D eigenvalue weighted by Crippen LogP contribution is 2.33. The number of rotatable bonds is 7. The number of alkyl halides is 1. The maximum absolute atomic E-state index is 13.4. The Balaban J connectivity index is 1.53. The number of carbonyl (C=O) groups excluding carboxylic acids is 1. The molecular formula is C24H20ClFN6O2. The third kappa shape index (κ3) is 5.21. The van der Waals surface area contributed by atoms with Gasteiger partial charge in [0.05, 0.1) is 11.9 Å². The fourth-order valence-corrected chi connectivity index (χ4v) is 3.45. The predicted octanol–water partition coefficient (Wildman–Crippen LogP) is 4.62. The van der Waals surface area contributed by atoms with Crippen molar-refractivity contribution in [2.24, 2.45) is 0 Å². The number of hydrogen-bond acceptors (Lipinski definition) is 7. The number of nitrogen functional groups attached to an aromatic ring is 1. The average molecular weight is 479 g/mol. The Morgan fingerprint density at radius 3 is 2.68 bits per heavy atom. The molecular weight excluding hydrogens is 459 g/mol. The number of nitrogens with one attached hydrogen (secondary N) is 2. The maximum Gasteiger partial charge on any atom is 0.271 e. The van der Waals surface area contributed by atoms with Crippen LogP contribution in [-0.2, 0) is 13.2 Å². The van der Waals surface area contributed by atoms with Crippen LogP contribution in [0.4, 0.5) is 21.6 Å². The summed E-state index contributed by atoms with van der Waals surface area (Å²) < 4.78 is 13.4. The van der Waals surface area contributed by atoms with Gasteiger partial charge in [0.25, 0.3) is 5.91 Å². The van der Waals surface area contributed by atoms with Gasteiger partial charge in [-0.1, -0.05) is 17.7 Å². The fraction of sp³-hybridized carbons (Fsp3) is 0.0833. The molecule has 4 rings (SSSR count). The van der Waals surface area contributed by atoms with Crippen molar-refractivity contribution in [3.63, 3.8) is 0 Å². The minimum atomic E-state index is -0.680. The second-order valence-electron chi connectivity index (χ2n) is 7.31. The molecule has 1 amide bonds. The third-order valence-corrected chi connectivity index (χ3v) is 5.25. The highest BCUT2D eigenvalue weighted by Gasteiger charge is 2.13. The van der Waals surface area contributed by atoms with Gasteiger partial charge in [-0.3, -0.25) is 9.78 Å². The SMILES string of the molecule is Nc1nc(-c2cc(Nc3ccc(Cl)cc3CF)ccc2O)ccc1CNC(=O)c1cnccn1. The molecule has 0 atom stereocenters. The molecule has 0 fully saturated rings. The van der Waals surface area contributed by atoms with Crippen LogP contribution in [0.2, 0.25) is 5.02 Å². The van der Waals surface area contributed by atoms with Crippen molar-refractivity contribution in [2.75, 3.05) is 11.1 Å². The summed E-state index contributed by atoms with van der Waals surface area (Å²) in [5.41, 5.74) is 9.36. The minimum Gasteiger partial charge on any atom is -0.507 e. The van der Waals surface area contributed by atoms with Crippen molar-refractivity contribution in [3.8, 4) is 17.0 Å². The van der Waals surface area contributed by atoms with Gasteiger partial charge < -0.3 is 21.5 Å². The predicted molar refractivity (Wildman–Crippen MR) is 128 cm³/mol. The number of nitrogens with two attached hydrogens (primary N) is 1. The fourth-order valence-electron chi connectivity index (χ4n) is 3.25. The molecule has 10 heteroatoms. The second kappa shape index (κ2) is 10.1. The van der Waals surface area contributed by atoms with Gasteiger partial charge in [-0.2, -0.15) is 0 Å². The Morgan fingerprint density at radius 2 is 1.94 bits per heavy atom. The maximum atomic E-state index is 13.4. The number of halogens is 2. The van der Waals surface area contributed by atoms with Crippen LogP contribution in [0, 0.1) is 0 Å². The molecule has 2 aromatic heterocycles. The third-order valence-electron chi connectivity index (χ3n) is 5.01. The molecule has 0 aliphatic heterocycles. The highest BCUT2D eigenvalue weighted by molar-refractivity contribution is 6.30. The summed E-state index contributed by atoms with van der Waals surface area (Å²) in [5, 5.41) is 16.7. The molecule has 4 aromatic rings. The zero-order chi connectivity index (χ0) is 24.1. The summed E-state index contributed by atoms with van der Waals surface area (Å²) in [7, 11) is 0. The molecule has 0 aliphatic rings. The summed E-state index contributed by atoms with van der Waals surface area (Å²) in [6.07, 6.45) is 4.28. The Kier molecular flexibility index (Phi) is 6.84. The largest absolute Gasteiger partial charge is 0.507 e. The lowest BCUT2D eigenvalue weighted by Gasteiger charge is -2.14. The lowest BCUT2D eigenvalue weighted by Crippen LogP contribution is -2.24. The molecule has 5 N–H and O–H groups in total. The number of nitrogens with zero attached hydrogens (tertiary/aromatic N) is 3. The van der Waals surface area contributed by atoms with E-state index in [1.165, 1.54) is 24.7 Å². The molecule has 0 spiro atoms. The van der Waals surface area contributed by atoms with Crippen LogP contribution in [0.1, 0.15) is 21.6 Å². The van der Waals surface area contributed by atoms with Crippen LogP contribution in [0.15, 0.2) is 67.1 Å². The summed E-state index contributed by atoms with van der Waals surface area (Å²) in [6, 6.07) is 13.2. The first-order valence-electron chi connectivity index (χ1n) is 10.2. The summed E-state index contributed by atoms with van der Waals surface area (Å²) in [6.45, 7) is -0.536. The van der Waals surface area contributed by atoms with Crippen LogP contribution >= 0.6 is 11.6 Å². The van der Waals surface area contributed by atoms with Gasteiger partial charge in [-0.15, -0.1) is 0 Å². The van der Waals surface area contributed by atoms with Gasteiger partial charge in [0.1, 0.15) is 23.9 Å². The molecule has 0 saturated heterocycles. The van der Waals surface area contributed by atoms with E-state index in [1.807, 2.05) is 0 Å². The molecule has 172 valence electrons. The highest BCUT2D eigenvalue weighted by atomic mass is 35.5. The first kappa shape index (κ1) is 22.9. The van der Waals surface area contributed by atoms with Crippen molar-refractivity contribution in [2.45, 2.75) is 13.2 Å². The van der Waals surface area contributed by atoms with Gasteiger partial charge in [0.15, 0.2) is 0 Å². The summed E-state index contributed by atoms with van der Waals surface area (Å²) >= 11 is 5.95. The summed E-state index contributed by atoms with van der Waals surface area (Å²) in [5.74, 6) is -0.182. The molecule has 0 radical (unpaired) electrons. The zero-order valence-corrected chi connectivity index (χ0v) is 18.6. The molecule has 0 saturated carbocycles. The normalized spacial score (nSPS) is 10.6. The van der Waals surface area contributed by atoms with Gasteiger partial charge >= 0.3 is 0 Å². The minimum absolute atomic E-state index is 0.00276. The van der Waals surface area contributed by atoms with Gasteiger partial charge in [0.2, 0.25) is 0 Å². The monoisotopic (exact) mass is 478 g/mol. The molecule has 0 unspecified atom stereocenters. The molecule has 0 aliphatic carbocycles. The number of phenols is 1. The Bertz CT molecular complexity index is 1340. The standard InChI is InChI=1S/C24H20ClFN6O2/c25-16-2-5-19(15(9-16)11-26)31-17-3-6-22(33)18(10-17)20-4-1-14(23(27)32-20)12-30-24(34)21-13-28-7-8-29-21/h1-10,13,31,33H,11-12H2,(H2,27,32)(H,30,34). The van der Waals surface area contributed by atoms with E-state index in [1.54, 1.807) is 42.5 Å². The van der Waals surface area contributed by atoms with Crippen molar-refractivity contribution in [1.29, 1.82) is 0 Å². The van der Waals surface area contributed by atoms with Crippen molar-refractivity contribution in [1.82, 2.24) is 20.3 Å². The molecule has 0 bridgehead atoms. The Labute approximate surface area is 199 Å². The smallest absolute Gasteiger partial charge is 0.271 e. The van der Waals surface area contributed by atoms with Crippen LogP contribution in [0.5, 0.6) is 5.75 Å². The first-order valence-corrected chi connectivity index (χ1v) is 10.6. The van der Waals surface area contributed by atoms with Crippen LogP contribution in [0.25, 0.3) is 11.3 Å². The zero-order valence-electron chi connectivity index (χ0n) is 17.8. The van der Waals surface area contributed by atoms with Crippen LogP contribution in [0.3, 0.4) is 0 Å². The van der Waals surface area contributed by atoms with Crippen molar-refractivity contribution >= 4 is 34.7 Å². The van der Waals surface area contributed by atoms with Crippen molar-refractivity contribution in [3.05, 3.63) is 89.0 Å². The van der Waals surface area contributed by atoms with Crippen LogP contribution in [-0.4, -0.2) is 26.0 Å². The Morgan fingerprint density at radius 1 is 1.09 bits per heavy atom. The molecule has 8 nitrogen and oxygen atoms in total. The van der Waals surface area contributed by atoms with E-state index < -0.39 is 6.67 Å². The lowest BCUT2D eigenvalue weighted by atomic mass is 10.1. The van der Waals surface area contributed by atoms with Crippen molar-refractivity contribution < 1.29 is 14.3 Å². The van der Waals surface area contributed by atoms with Crippen LogP contribution < -0.4 is 16.4 Å². The average Bonchev–Trinajstić information content (AvgIpc) is 2.85. The number of aromatic nitrogens is 3. The first-order chi connectivity index (χ1) is 16.4. The van der Waals surface area contributed by atoms with Gasteiger partial charge in [0, 0.05) is 52.0 Å². The number of aromatic hydroxyl groups is 1. The van der Waals surface area contributed by atoms with E-state index in [4.69, 9.17) is 17.3 Å². The Hall–Kier alpha value is -4.24. The number of anilines is 3. The second-order valence-corrected chi connectivity index (χ2v) is 7.74. The number of hydrogen-bond donors (Lipinski definition) is 4. The number of phenolic OH excluding ortho intramolecular Hbond substituents is 1. The topological polar surface area (TPSA) is 126 Å². The van der Waals surface area contributed by atoms with Gasteiger partial charge in [-0.05, 0) is 42.5 Å². The van der Waals surface area contributed by atoms with E-state index in [9.17, 15) is 14.3 Å². The quantitative estimate of drug-likeness (QED) is 0.285. The lowest BCUT2D eigenvalue weighted by molar-refractivity contribution is 0.0945. The number of amides is 1. The number of pyridine rings is 1. The van der Waals surface area contributed by atoms with E-state index in [0.717, 1.165) is 0 Å².